The zero-order valence-electron chi connectivity index (χ0n) is 12.5. The van der Waals surface area contributed by atoms with Crippen LogP contribution in [0.1, 0.15) is 15.9 Å². The van der Waals surface area contributed by atoms with E-state index in [9.17, 15) is 9.59 Å². The normalized spacial score (nSPS) is 15.8. The molecule has 2 aromatic carbocycles. The quantitative estimate of drug-likeness (QED) is 0.598. The average Bonchev–Trinajstić information content (AvgIpc) is 2.83. The van der Waals surface area contributed by atoms with Crippen molar-refractivity contribution in [2.45, 2.75) is 0 Å². The lowest BCUT2D eigenvalue weighted by atomic mass is 10.2. The minimum atomic E-state index is -0.508. The second-order valence-electron chi connectivity index (χ2n) is 4.99. The van der Waals surface area contributed by atoms with Crippen molar-refractivity contribution in [2.24, 2.45) is 0 Å². The molecule has 8 heteroatoms. The second-order valence-corrected chi connectivity index (χ2v) is 7.51. The third-order valence-corrected chi connectivity index (χ3v) is 5.14. The van der Waals surface area contributed by atoms with E-state index in [1.807, 2.05) is 6.07 Å². The van der Waals surface area contributed by atoms with E-state index in [4.69, 9.17) is 35.4 Å². The van der Waals surface area contributed by atoms with Crippen LogP contribution in [0.5, 0.6) is 0 Å². The molecule has 3 rings (SSSR count). The van der Waals surface area contributed by atoms with E-state index in [0.717, 1.165) is 22.3 Å². The van der Waals surface area contributed by atoms with E-state index in [0.29, 0.717) is 15.0 Å². The third-order valence-electron chi connectivity index (χ3n) is 3.27. The lowest BCUT2D eigenvalue weighted by molar-refractivity contribution is -0.123. The van der Waals surface area contributed by atoms with Crippen LogP contribution in [0, 0.1) is 0 Å². The average molecular weight is 409 g/mol. The van der Waals surface area contributed by atoms with Gasteiger partial charge in [0, 0.05) is 5.02 Å². The van der Waals surface area contributed by atoms with Gasteiger partial charge in [-0.25, -0.2) is 0 Å². The van der Waals surface area contributed by atoms with Crippen LogP contribution in [0.25, 0.3) is 6.08 Å². The fourth-order valence-electron chi connectivity index (χ4n) is 2.12. The van der Waals surface area contributed by atoms with Gasteiger partial charge in [0.1, 0.15) is 0 Å². The number of halogens is 2. The molecule has 0 radical (unpaired) electrons. The molecular weight excluding hydrogens is 399 g/mol. The molecule has 1 aliphatic heterocycles. The van der Waals surface area contributed by atoms with Crippen molar-refractivity contribution in [2.75, 3.05) is 0 Å². The molecule has 0 aromatic heterocycles. The van der Waals surface area contributed by atoms with E-state index in [-0.39, 0.29) is 9.88 Å². The number of amides is 2. The van der Waals surface area contributed by atoms with Crippen molar-refractivity contribution in [1.29, 1.82) is 0 Å². The van der Waals surface area contributed by atoms with Crippen LogP contribution in [0.4, 0.5) is 0 Å². The van der Waals surface area contributed by atoms with Gasteiger partial charge in [-0.15, -0.1) is 0 Å². The van der Waals surface area contributed by atoms with Gasteiger partial charge in [-0.2, -0.15) is 5.01 Å². The molecular formula is C17H10Cl2N2O2S2. The lowest BCUT2D eigenvalue weighted by Gasteiger charge is -2.16. The number of thioether (sulfide) groups is 1. The molecule has 0 atom stereocenters. The van der Waals surface area contributed by atoms with E-state index < -0.39 is 11.8 Å². The predicted molar refractivity (Wildman–Crippen MR) is 105 cm³/mol. The Labute approximate surface area is 163 Å². The highest BCUT2D eigenvalue weighted by molar-refractivity contribution is 8.26. The fraction of sp³-hybridized carbons (Fsp3) is 0. The molecule has 0 spiro atoms. The molecule has 2 aromatic rings. The number of nitrogens with zero attached hydrogens (tertiary/aromatic N) is 1. The van der Waals surface area contributed by atoms with Gasteiger partial charge < -0.3 is 0 Å². The minimum absolute atomic E-state index is 0.235. The van der Waals surface area contributed by atoms with Crippen LogP contribution in [-0.2, 0) is 4.79 Å². The maximum absolute atomic E-state index is 12.5. The van der Waals surface area contributed by atoms with E-state index in [1.165, 1.54) is 0 Å². The molecule has 0 bridgehead atoms. The Morgan fingerprint density at radius 1 is 1.16 bits per heavy atom. The Balaban J connectivity index is 1.80. The summed E-state index contributed by atoms with van der Waals surface area (Å²) in [5.41, 5.74) is 3.52. The number of hydrogen-bond acceptors (Lipinski definition) is 4. The molecule has 1 aliphatic rings. The van der Waals surface area contributed by atoms with Gasteiger partial charge in [-0.1, -0.05) is 59.2 Å². The Hall–Kier alpha value is -1.86. The van der Waals surface area contributed by atoms with Crippen LogP contribution in [0.2, 0.25) is 10.0 Å². The smallest absolute Gasteiger partial charge is 0.267 e. The summed E-state index contributed by atoms with van der Waals surface area (Å²) in [4.78, 5) is 25.2. The zero-order valence-corrected chi connectivity index (χ0v) is 15.7. The topological polar surface area (TPSA) is 49.4 Å². The molecule has 0 saturated carbocycles. The Morgan fingerprint density at radius 3 is 2.64 bits per heavy atom. The number of carbonyl (C=O) groups excluding carboxylic acids is 2. The van der Waals surface area contributed by atoms with Gasteiger partial charge in [0.25, 0.3) is 11.8 Å². The molecule has 2 amide bonds. The first-order valence-electron chi connectivity index (χ1n) is 7.05. The third kappa shape index (κ3) is 4.04. The molecule has 0 aliphatic carbocycles. The number of benzene rings is 2. The number of thiocarbonyl (C=S) groups is 1. The van der Waals surface area contributed by atoms with Crippen molar-refractivity contribution in [3.05, 3.63) is 74.6 Å². The van der Waals surface area contributed by atoms with Crippen molar-refractivity contribution in [3.8, 4) is 0 Å². The van der Waals surface area contributed by atoms with Crippen molar-refractivity contribution >= 4 is 69.4 Å². The number of hydrogen-bond donors (Lipinski definition) is 1. The molecule has 1 heterocycles. The summed E-state index contributed by atoms with van der Waals surface area (Å²) in [6.07, 6.45) is 1.67. The summed E-state index contributed by atoms with van der Waals surface area (Å²) in [6, 6.07) is 13.6. The van der Waals surface area contributed by atoms with Crippen molar-refractivity contribution in [1.82, 2.24) is 10.4 Å². The zero-order chi connectivity index (χ0) is 18.0. The van der Waals surface area contributed by atoms with Gasteiger partial charge in [0.15, 0.2) is 4.32 Å². The maximum atomic E-state index is 12.5. The van der Waals surface area contributed by atoms with Crippen molar-refractivity contribution < 1.29 is 9.59 Å². The van der Waals surface area contributed by atoms with Gasteiger partial charge in [-0.05, 0) is 48.1 Å². The standard InChI is InChI=1S/C17H10Cl2N2O2S2/c18-11-5-3-4-10(8-11)9-14-16(23)21(17(24)25-14)20-15(22)12-6-1-2-7-13(12)19/h1-9H,(H,20,22)/b14-9-. The number of carbonyl (C=O) groups is 2. The fourth-order valence-corrected chi connectivity index (χ4v) is 3.72. The summed E-state index contributed by atoms with van der Waals surface area (Å²) >= 11 is 18.2. The van der Waals surface area contributed by atoms with Gasteiger partial charge in [0.2, 0.25) is 0 Å². The van der Waals surface area contributed by atoms with E-state index in [2.05, 4.69) is 5.43 Å². The number of hydrazine groups is 1. The van der Waals surface area contributed by atoms with E-state index >= 15 is 0 Å². The maximum Gasteiger partial charge on any atom is 0.285 e. The second kappa shape index (κ2) is 7.58. The monoisotopic (exact) mass is 408 g/mol. The lowest BCUT2D eigenvalue weighted by Crippen LogP contribution is -2.44. The molecule has 4 nitrogen and oxygen atoms in total. The molecule has 126 valence electrons. The van der Waals surface area contributed by atoms with Crippen LogP contribution in [-0.4, -0.2) is 21.1 Å². The Bertz CT molecular complexity index is 915. The van der Waals surface area contributed by atoms with Crippen LogP contribution < -0.4 is 5.43 Å². The van der Waals surface area contributed by atoms with Crippen LogP contribution >= 0.6 is 47.2 Å². The molecule has 1 N–H and O–H groups in total. The number of nitrogens with one attached hydrogen (secondary N) is 1. The summed E-state index contributed by atoms with van der Waals surface area (Å²) in [5, 5.41) is 1.90. The van der Waals surface area contributed by atoms with Crippen LogP contribution in [0.15, 0.2) is 53.4 Å². The van der Waals surface area contributed by atoms with Gasteiger partial charge in [-0.3, -0.25) is 15.0 Å². The first-order chi connectivity index (χ1) is 12.0. The van der Waals surface area contributed by atoms with E-state index in [1.54, 1.807) is 48.5 Å². The Morgan fingerprint density at radius 2 is 1.92 bits per heavy atom. The highest BCUT2D eigenvalue weighted by Gasteiger charge is 2.34. The first kappa shape index (κ1) is 17.9. The summed E-state index contributed by atoms with van der Waals surface area (Å²) in [7, 11) is 0. The molecule has 25 heavy (non-hydrogen) atoms. The molecule has 1 fully saturated rings. The largest absolute Gasteiger partial charge is 0.285 e. The summed E-state index contributed by atoms with van der Waals surface area (Å²) in [5.74, 6) is -0.915. The predicted octanol–water partition coefficient (Wildman–Crippen LogP) is 4.54. The van der Waals surface area contributed by atoms with Crippen molar-refractivity contribution in [3.63, 3.8) is 0 Å². The summed E-state index contributed by atoms with van der Waals surface area (Å²) in [6.45, 7) is 0. The van der Waals surface area contributed by atoms with Crippen LogP contribution in [0.3, 0.4) is 0 Å². The minimum Gasteiger partial charge on any atom is -0.267 e. The Kier molecular flexibility index (Phi) is 5.44. The summed E-state index contributed by atoms with van der Waals surface area (Å²) < 4.78 is 0.235. The first-order valence-corrected chi connectivity index (χ1v) is 9.03. The SMILES string of the molecule is O=C(NN1C(=O)/C(=C/c2cccc(Cl)c2)SC1=S)c1ccccc1Cl. The highest BCUT2D eigenvalue weighted by Crippen LogP contribution is 2.32. The molecule has 0 unspecified atom stereocenters. The van der Waals surface area contributed by atoms with Gasteiger partial charge >= 0.3 is 0 Å². The molecule has 1 saturated heterocycles. The highest BCUT2D eigenvalue weighted by atomic mass is 35.5. The van der Waals surface area contributed by atoms with Gasteiger partial charge in [0.05, 0.1) is 15.5 Å². The number of rotatable bonds is 3.